The molecule has 2 heteroatoms. The Bertz CT molecular complexity index is 493. The maximum absolute atomic E-state index is 6.22. The van der Waals surface area contributed by atoms with Crippen molar-refractivity contribution < 1.29 is 0 Å². The standard InChI is InChI=1S/C16H18ClN/c1-12(18)15(13-7-3-2-4-8-13)11-14-9-5-6-10-16(14)17/h2-10,12,15H,11,18H2,1H3/t12-,15+/m1/s1. The van der Waals surface area contributed by atoms with Crippen molar-refractivity contribution >= 4 is 11.6 Å². The van der Waals surface area contributed by atoms with Gasteiger partial charge in [-0.25, -0.2) is 0 Å². The summed E-state index contributed by atoms with van der Waals surface area (Å²) in [5, 5.41) is 0.819. The van der Waals surface area contributed by atoms with Crippen LogP contribution in [0.15, 0.2) is 54.6 Å². The molecule has 0 aliphatic rings. The summed E-state index contributed by atoms with van der Waals surface area (Å²) in [6.45, 7) is 2.05. The Balaban J connectivity index is 2.26. The van der Waals surface area contributed by atoms with Crippen LogP contribution in [-0.4, -0.2) is 6.04 Å². The molecule has 0 amide bonds. The third-order valence-electron chi connectivity index (χ3n) is 3.26. The molecule has 0 fully saturated rings. The molecule has 94 valence electrons. The molecule has 0 saturated carbocycles. The summed E-state index contributed by atoms with van der Waals surface area (Å²) in [6.07, 6.45) is 0.876. The van der Waals surface area contributed by atoms with Crippen molar-refractivity contribution in [2.24, 2.45) is 5.73 Å². The number of halogens is 1. The van der Waals surface area contributed by atoms with E-state index in [9.17, 15) is 0 Å². The van der Waals surface area contributed by atoms with Gasteiger partial charge in [-0.2, -0.15) is 0 Å². The van der Waals surface area contributed by atoms with Crippen LogP contribution in [0, 0.1) is 0 Å². The van der Waals surface area contributed by atoms with Gasteiger partial charge in [-0.1, -0.05) is 60.1 Å². The summed E-state index contributed by atoms with van der Waals surface area (Å²) in [6, 6.07) is 18.5. The van der Waals surface area contributed by atoms with Crippen molar-refractivity contribution in [3.05, 3.63) is 70.7 Å². The first-order valence-corrected chi connectivity index (χ1v) is 6.60. The summed E-state index contributed by atoms with van der Waals surface area (Å²) in [5.74, 6) is 0.297. The van der Waals surface area contributed by atoms with E-state index in [1.807, 2.05) is 24.3 Å². The van der Waals surface area contributed by atoms with Gasteiger partial charge in [-0.05, 0) is 30.5 Å². The van der Waals surface area contributed by atoms with Crippen molar-refractivity contribution in [3.63, 3.8) is 0 Å². The van der Waals surface area contributed by atoms with Crippen LogP contribution in [0.5, 0.6) is 0 Å². The Labute approximate surface area is 114 Å². The minimum atomic E-state index is 0.101. The Morgan fingerprint density at radius 1 is 1.00 bits per heavy atom. The van der Waals surface area contributed by atoms with Gasteiger partial charge in [0.15, 0.2) is 0 Å². The zero-order chi connectivity index (χ0) is 13.0. The molecule has 0 aromatic heterocycles. The lowest BCUT2D eigenvalue weighted by atomic mass is 9.87. The van der Waals surface area contributed by atoms with E-state index in [-0.39, 0.29) is 6.04 Å². The number of nitrogens with two attached hydrogens (primary N) is 1. The molecule has 2 N–H and O–H groups in total. The Morgan fingerprint density at radius 2 is 1.61 bits per heavy atom. The Kier molecular flexibility index (Phi) is 4.40. The summed E-state index contributed by atoms with van der Waals surface area (Å²) in [5.41, 5.74) is 8.55. The molecule has 2 rings (SSSR count). The average Bonchev–Trinajstić information content (AvgIpc) is 2.38. The molecular weight excluding hydrogens is 242 g/mol. The first kappa shape index (κ1) is 13.1. The van der Waals surface area contributed by atoms with Crippen molar-refractivity contribution in [2.75, 3.05) is 0 Å². The fourth-order valence-electron chi connectivity index (χ4n) is 2.21. The molecule has 0 spiro atoms. The third kappa shape index (κ3) is 3.12. The van der Waals surface area contributed by atoms with E-state index in [1.165, 1.54) is 5.56 Å². The molecule has 1 nitrogen and oxygen atoms in total. The van der Waals surface area contributed by atoms with Gasteiger partial charge in [-0.15, -0.1) is 0 Å². The van der Waals surface area contributed by atoms with Crippen molar-refractivity contribution in [1.29, 1.82) is 0 Å². The van der Waals surface area contributed by atoms with Gasteiger partial charge in [0.05, 0.1) is 0 Å². The van der Waals surface area contributed by atoms with Crippen molar-refractivity contribution in [2.45, 2.75) is 25.3 Å². The first-order valence-electron chi connectivity index (χ1n) is 6.22. The van der Waals surface area contributed by atoms with Gasteiger partial charge in [0.1, 0.15) is 0 Å². The van der Waals surface area contributed by atoms with Gasteiger partial charge in [-0.3, -0.25) is 0 Å². The maximum atomic E-state index is 6.22. The van der Waals surface area contributed by atoms with Crippen LogP contribution in [0.25, 0.3) is 0 Å². The van der Waals surface area contributed by atoms with Crippen molar-refractivity contribution in [1.82, 2.24) is 0 Å². The highest BCUT2D eigenvalue weighted by molar-refractivity contribution is 6.31. The number of benzene rings is 2. The van der Waals surface area contributed by atoms with Gasteiger partial charge in [0.2, 0.25) is 0 Å². The molecule has 0 radical (unpaired) electrons. The van der Waals surface area contributed by atoms with Crippen molar-refractivity contribution in [3.8, 4) is 0 Å². The molecule has 0 bridgehead atoms. The highest BCUT2D eigenvalue weighted by Gasteiger charge is 2.17. The highest BCUT2D eigenvalue weighted by Crippen LogP contribution is 2.26. The molecular formula is C16H18ClN. The quantitative estimate of drug-likeness (QED) is 0.882. The minimum absolute atomic E-state index is 0.101. The predicted molar refractivity (Wildman–Crippen MR) is 78.0 cm³/mol. The van der Waals surface area contributed by atoms with E-state index in [0.29, 0.717) is 5.92 Å². The van der Waals surface area contributed by atoms with Crippen LogP contribution in [0.3, 0.4) is 0 Å². The summed E-state index contributed by atoms with van der Waals surface area (Å²) >= 11 is 6.22. The zero-order valence-electron chi connectivity index (χ0n) is 10.5. The normalized spacial score (nSPS) is 14.2. The first-order chi connectivity index (χ1) is 8.68. The molecule has 18 heavy (non-hydrogen) atoms. The number of hydrogen-bond donors (Lipinski definition) is 1. The van der Waals surface area contributed by atoms with Crippen LogP contribution >= 0.6 is 11.6 Å². The van der Waals surface area contributed by atoms with Crippen LogP contribution in [0.2, 0.25) is 5.02 Å². The molecule has 0 aliphatic carbocycles. The van der Waals surface area contributed by atoms with E-state index in [1.54, 1.807) is 0 Å². The molecule has 0 unspecified atom stereocenters. The van der Waals surface area contributed by atoms with Gasteiger partial charge in [0, 0.05) is 17.0 Å². The SMILES string of the molecule is C[C@@H](N)[C@H](Cc1ccccc1Cl)c1ccccc1. The van der Waals surface area contributed by atoms with Gasteiger partial charge in [0.25, 0.3) is 0 Å². The molecule has 0 heterocycles. The average molecular weight is 260 g/mol. The second kappa shape index (κ2) is 6.03. The summed E-state index contributed by atoms with van der Waals surface area (Å²) < 4.78 is 0. The number of rotatable bonds is 4. The molecule has 0 saturated heterocycles. The lowest BCUT2D eigenvalue weighted by Gasteiger charge is -2.22. The lowest BCUT2D eigenvalue weighted by molar-refractivity contribution is 0.565. The van der Waals surface area contributed by atoms with Crippen LogP contribution in [-0.2, 0) is 6.42 Å². The largest absolute Gasteiger partial charge is 0.327 e. The van der Waals surface area contributed by atoms with Gasteiger partial charge < -0.3 is 5.73 Å². The Hall–Kier alpha value is -1.31. The topological polar surface area (TPSA) is 26.0 Å². The van der Waals surface area contributed by atoms with Crippen LogP contribution in [0.4, 0.5) is 0 Å². The second-order valence-electron chi connectivity index (χ2n) is 4.67. The van der Waals surface area contributed by atoms with Gasteiger partial charge >= 0.3 is 0 Å². The van der Waals surface area contributed by atoms with E-state index in [2.05, 4.69) is 37.3 Å². The van der Waals surface area contributed by atoms with E-state index < -0.39 is 0 Å². The highest BCUT2D eigenvalue weighted by atomic mass is 35.5. The zero-order valence-corrected chi connectivity index (χ0v) is 11.3. The summed E-state index contributed by atoms with van der Waals surface area (Å²) in [4.78, 5) is 0. The van der Waals surface area contributed by atoms with Crippen LogP contribution < -0.4 is 5.73 Å². The minimum Gasteiger partial charge on any atom is -0.327 e. The molecule has 0 aliphatic heterocycles. The Morgan fingerprint density at radius 3 is 2.22 bits per heavy atom. The van der Waals surface area contributed by atoms with E-state index >= 15 is 0 Å². The fraction of sp³-hybridized carbons (Fsp3) is 0.250. The number of hydrogen-bond acceptors (Lipinski definition) is 1. The predicted octanol–water partition coefficient (Wildman–Crippen LogP) is 4.01. The second-order valence-corrected chi connectivity index (χ2v) is 5.08. The molecule has 2 aromatic carbocycles. The van der Waals surface area contributed by atoms with E-state index in [0.717, 1.165) is 17.0 Å². The van der Waals surface area contributed by atoms with Crippen LogP contribution in [0.1, 0.15) is 24.0 Å². The molecule has 2 atom stereocenters. The molecule has 2 aromatic rings. The third-order valence-corrected chi connectivity index (χ3v) is 3.63. The summed E-state index contributed by atoms with van der Waals surface area (Å²) in [7, 11) is 0. The van der Waals surface area contributed by atoms with E-state index in [4.69, 9.17) is 17.3 Å². The smallest absolute Gasteiger partial charge is 0.0438 e. The fourth-order valence-corrected chi connectivity index (χ4v) is 2.42. The maximum Gasteiger partial charge on any atom is 0.0438 e. The monoisotopic (exact) mass is 259 g/mol. The lowest BCUT2D eigenvalue weighted by Crippen LogP contribution is -2.26.